The lowest BCUT2D eigenvalue weighted by Crippen LogP contribution is -2.05. The summed E-state index contributed by atoms with van der Waals surface area (Å²) in [7, 11) is 0. The normalized spacial score (nSPS) is 11.3. The van der Waals surface area contributed by atoms with E-state index in [1.165, 1.54) is 22.3 Å². The third-order valence-corrected chi connectivity index (χ3v) is 10.4. The summed E-state index contributed by atoms with van der Waals surface area (Å²) in [5, 5.41) is 2.30. The standard InChI is InChI=1S/C52H35N3/c1-5-17-36(18-6-1)40-25-15-27-42(31-40)44-33-46(38-21-9-3-10-22-38)51-47(34-44)45-29-13-14-30-50(45)55(51)52-53-48(39-23-11-4-12-24-39)35-49(54-52)43-28-16-26-41(32-43)37-19-7-2-8-20-37/h1-35H. The first kappa shape index (κ1) is 32.3. The molecule has 0 aliphatic heterocycles. The van der Waals surface area contributed by atoms with E-state index in [1.807, 2.05) is 6.07 Å². The summed E-state index contributed by atoms with van der Waals surface area (Å²) in [6.07, 6.45) is 0. The van der Waals surface area contributed by atoms with Gasteiger partial charge in [0.15, 0.2) is 0 Å². The fraction of sp³-hybridized carbons (Fsp3) is 0. The van der Waals surface area contributed by atoms with Gasteiger partial charge in [0.05, 0.1) is 22.4 Å². The Morgan fingerprint density at radius 1 is 0.291 bits per heavy atom. The zero-order valence-corrected chi connectivity index (χ0v) is 30.0. The van der Waals surface area contributed by atoms with Crippen molar-refractivity contribution in [2.75, 3.05) is 0 Å². The summed E-state index contributed by atoms with van der Waals surface area (Å²) in [5.74, 6) is 0.628. The second kappa shape index (κ2) is 13.9. The molecule has 2 heterocycles. The second-order valence-electron chi connectivity index (χ2n) is 13.8. The van der Waals surface area contributed by atoms with Crippen LogP contribution in [0.1, 0.15) is 0 Å². The van der Waals surface area contributed by atoms with E-state index >= 15 is 0 Å². The second-order valence-corrected chi connectivity index (χ2v) is 13.8. The molecule has 0 spiro atoms. The first-order chi connectivity index (χ1) is 27.3. The van der Waals surface area contributed by atoms with Crippen LogP contribution < -0.4 is 0 Å². The molecule has 0 atom stereocenters. The maximum atomic E-state index is 5.42. The number of para-hydroxylation sites is 1. The third-order valence-electron chi connectivity index (χ3n) is 10.4. The Labute approximate surface area is 320 Å². The van der Waals surface area contributed by atoms with Crippen molar-refractivity contribution in [1.82, 2.24) is 14.5 Å². The summed E-state index contributed by atoms with van der Waals surface area (Å²) in [6.45, 7) is 0. The molecular formula is C52H35N3. The highest BCUT2D eigenvalue weighted by molar-refractivity contribution is 6.15. The maximum absolute atomic E-state index is 5.42. The Morgan fingerprint density at radius 2 is 0.745 bits per heavy atom. The predicted molar refractivity (Wildman–Crippen MR) is 229 cm³/mol. The van der Waals surface area contributed by atoms with Gasteiger partial charge in [0.1, 0.15) is 0 Å². The molecule has 0 aliphatic rings. The van der Waals surface area contributed by atoms with Crippen molar-refractivity contribution in [2.45, 2.75) is 0 Å². The van der Waals surface area contributed by atoms with Gasteiger partial charge in [-0.25, -0.2) is 9.97 Å². The van der Waals surface area contributed by atoms with Gasteiger partial charge >= 0.3 is 0 Å². The van der Waals surface area contributed by atoms with Gasteiger partial charge in [-0.05, 0) is 75.3 Å². The number of rotatable bonds is 7. The van der Waals surface area contributed by atoms with Crippen molar-refractivity contribution in [1.29, 1.82) is 0 Å². The Bertz CT molecular complexity index is 2950. The highest BCUT2D eigenvalue weighted by atomic mass is 15.2. The molecule has 0 radical (unpaired) electrons. The Hall–Kier alpha value is -7.36. The van der Waals surface area contributed by atoms with E-state index in [4.69, 9.17) is 9.97 Å². The molecule has 258 valence electrons. The lowest BCUT2D eigenvalue weighted by molar-refractivity contribution is 0.996. The topological polar surface area (TPSA) is 30.7 Å². The molecule has 0 N–H and O–H groups in total. The minimum absolute atomic E-state index is 0.628. The average molecular weight is 702 g/mol. The van der Waals surface area contributed by atoms with Crippen LogP contribution in [0.2, 0.25) is 0 Å². The van der Waals surface area contributed by atoms with Crippen molar-refractivity contribution in [2.24, 2.45) is 0 Å². The van der Waals surface area contributed by atoms with E-state index in [9.17, 15) is 0 Å². The largest absolute Gasteiger partial charge is 0.277 e. The van der Waals surface area contributed by atoms with Crippen LogP contribution in [0.3, 0.4) is 0 Å². The number of fused-ring (bicyclic) bond motifs is 3. The van der Waals surface area contributed by atoms with Crippen LogP contribution in [0, 0.1) is 0 Å². The van der Waals surface area contributed by atoms with Crippen molar-refractivity contribution >= 4 is 21.8 Å². The zero-order chi connectivity index (χ0) is 36.6. The minimum atomic E-state index is 0.628. The van der Waals surface area contributed by atoms with Gasteiger partial charge < -0.3 is 0 Å². The molecular weight excluding hydrogens is 667 g/mol. The maximum Gasteiger partial charge on any atom is 0.235 e. The van der Waals surface area contributed by atoms with E-state index < -0.39 is 0 Å². The molecule has 0 bridgehead atoms. The summed E-state index contributed by atoms with van der Waals surface area (Å²) in [6, 6.07) is 75.1. The number of hydrogen-bond donors (Lipinski definition) is 0. The van der Waals surface area contributed by atoms with Gasteiger partial charge in [-0.15, -0.1) is 0 Å². The molecule has 55 heavy (non-hydrogen) atoms. The van der Waals surface area contributed by atoms with E-state index in [2.05, 4.69) is 211 Å². The van der Waals surface area contributed by atoms with Crippen molar-refractivity contribution in [3.05, 3.63) is 212 Å². The molecule has 0 saturated heterocycles. The molecule has 0 saturated carbocycles. The van der Waals surface area contributed by atoms with E-state index in [0.29, 0.717) is 5.95 Å². The third kappa shape index (κ3) is 6.08. The van der Waals surface area contributed by atoms with Gasteiger partial charge in [0.25, 0.3) is 0 Å². The van der Waals surface area contributed by atoms with Crippen LogP contribution in [0.15, 0.2) is 212 Å². The molecule has 0 fully saturated rings. The average Bonchev–Trinajstić information content (AvgIpc) is 3.61. The first-order valence-electron chi connectivity index (χ1n) is 18.7. The van der Waals surface area contributed by atoms with Gasteiger partial charge in [-0.2, -0.15) is 0 Å². The number of hydrogen-bond acceptors (Lipinski definition) is 2. The van der Waals surface area contributed by atoms with Crippen LogP contribution in [0.4, 0.5) is 0 Å². The van der Waals surface area contributed by atoms with Gasteiger partial charge in [0.2, 0.25) is 5.95 Å². The van der Waals surface area contributed by atoms with Gasteiger partial charge in [0, 0.05) is 27.5 Å². The smallest absolute Gasteiger partial charge is 0.235 e. The van der Waals surface area contributed by atoms with Crippen LogP contribution >= 0.6 is 0 Å². The minimum Gasteiger partial charge on any atom is -0.277 e. The Balaban J connectivity index is 1.25. The summed E-state index contributed by atoms with van der Waals surface area (Å²) in [5.41, 5.74) is 15.2. The fourth-order valence-corrected chi connectivity index (χ4v) is 7.75. The zero-order valence-electron chi connectivity index (χ0n) is 30.0. The fourth-order valence-electron chi connectivity index (χ4n) is 7.75. The quantitative estimate of drug-likeness (QED) is 0.166. The molecule has 2 aromatic heterocycles. The Kier molecular flexibility index (Phi) is 8.16. The van der Waals surface area contributed by atoms with Gasteiger partial charge in [-0.3, -0.25) is 4.57 Å². The van der Waals surface area contributed by atoms with Crippen molar-refractivity contribution in [3.8, 4) is 73.0 Å². The van der Waals surface area contributed by atoms with Crippen molar-refractivity contribution < 1.29 is 0 Å². The Morgan fingerprint density at radius 3 is 1.36 bits per heavy atom. The highest BCUT2D eigenvalue weighted by Crippen LogP contribution is 2.42. The van der Waals surface area contributed by atoms with E-state index in [0.717, 1.165) is 66.6 Å². The summed E-state index contributed by atoms with van der Waals surface area (Å²) >= 11 is 0. The monoisotopic (exact) mass is 701 g/mol. The highest BCUT2D eigenvalue weighted by Gasteiger charge is 2.21. The van der Waals surface area contributed by atoms with Crippen molar-refractivity contribution in [3.63, 3.8) is 0 Å². The van der Waals surface area contributed by atoms with Crippen LogP contribution in [-0.2, 0) is 0 Å². The van der Waals surface area contributed by atoms with Crippen LogP contribution in [0.25, 0.3) is 94.8 Å². The molecule has 3 nitrogen and oxygen atoms in total. The molecule has 3 heteroatoms. The summed E-state index contributed by atoms with van der Waals surface area (Å²) in [4.78, 5) is 10.8. The molecule has 10 aromatic rings. The SMILES string of the molecule is c1ccc(-c2cccc(-c3cc(-c4ccccc4)c4c(c3)c3ccccc3n4-c3nc(-c4ccccc4)cc(-c4cccc(-c5ccccc5)c4)n3)c2)cc1. The predicted octanol–water partition coefficient (Wildman–Crippen LogP) is 13.6. The first-order valence-corrected chi connectivity index (χ1v) is 18.7. The number of nitrogens with zero attached hydrogens (tertiary/aromatic N) is 3. The van der Waals surface area contributed by atoms with Crippen LogP contribution in [-0.4, -0.2) is 14.5 Å². The molecule has 0 amide bonds. The van der Waals surface area contributed by atoms with E-state index in [-0.39, 0.29) is 0 Å². The number of benzene rings is 8. The molecule has 0 aliphatic carbocycles. The van der Waals surface area contributed by atoms with Crippen LogP contribution in [0.5, 0.6) is 0 Å². The molecule has 0 unspecified atom stereocenters. The summed E-state index contributed by atoms with van der Waals surface area (Å²) < 4.78 is 2.27. The number of aromatic nitrogens is 3. The van der Waals surface area contributed by atoms with Gasteiger partial charge in [-0.1, -0.05) is 176 Å². The molecule has 10 rings (SSSR count). The van der Waals surface area contributed by atoms with E-state index in [1.54, 1.807) is 0 Å². The molecule has 8 aromatic carbocycles. The lowest BCUT2D eigenvalue weighted by atomic mass is 9.94. The lowest BCUT2D eigenvalue weighted by Gasteiger charge is -2.15.